The molecular formula is C13H19N3O. The lowest BCUT2D eigenvalue weighted by atomic mass is 10.1. The van der Waals surface area contributed by atoms with Crippen molar-refractivity contribution in [3.05, 3.63) is 17.2 Å². The number of rotatable bonds is 2. The third-order valence-corrected chi connectivity index (χ3v) is 4.05. The Balaban J connectivity index is 1.98. The number of nitrogens with zero attached hydrogens (tertiary/aromatic N) is 3. The molecule has 1 unspecified atom stereocenters. The highest BCUT2D eigenvalue weighted by atomic mass is 16.1. The standard InChI is InChI=1S/C13H19N3O/c1-15-7-5-10(8-15)13-14-11(9-17)12-4-2-3-6-16(12)13/h9-10H,2-8H2,1H3. The van der Waals surface area contributed by atoms with E-state index in [1.807, 2.05) is 0 Å². The summed E-state index contributed by atoms with van der Waals surface area (Å²) in [6.07, 6.45) is 5.53. The van der Waals surface area contributed by atoms with Gasteiger partial charge >= 0.3 is 0 Å². The summed E-state index contributed by atoms with van der Waals surface area (Å²) in [6, 6.07) is 0. The van der Waals surface area contributed by atoms with Crippen molar-refractivity contribution in [2.75, 3.05) is 20.1 Å². The van der Waals surface area contributed by atoms with Crippen LogP contribution in [0.15, 0.2) is 0 Å². The van der Waals surface area contributed by atoms with Crippen molar-refractivity contribution in [3.8, 4) is 0 Å². The topological polar surface area (TPSA) is 38.1 Å². The van der Waals surface area contributed by atoms with E-state index < -0.39 is 0 Å². The van der Waals surface area contributed by atoms with Crippen LogP contribution in [0.1, 0.15) is 47.2 Å². The first kappa shape index (κ1) is 11.0. The summed E-state index contributed by atoms with van der Waals surface area (Å²) in [4.78, 5) is 18.0. The van der Waals surface area contributed by atoms with Crippen molar-refractivity contribution in [1.82, 2.24) is 14.5 Å². The number of likely N-dealkylation sites (N-methyl/N-ethyl adjacent to an activating group) is 1. The summed E-state index contributed by atoms with van der Waals surface area (Å²) < 4.78 is 2.32. The van der Waals surface area contributed by atoms with E-state index in [1.165, 1.54) is 25.0 Å². The van der Waals surface area contributed by atoms with E-state index in [9.17, 15) is 4.79 Å². The Morgan fingerprint density at radius 2 is 2.24 bits per heavy atom. The molecular weight excluding hydrogens is 214 g/mol. The number of likely N-dealkylation sites (tertiary alicyclic amines) is 1. The quantitative estimate of drug-likeness (QED) is 0.726. The number of hydrogen-bond donors (Lipinski definition) is 0. The molecule has 2 aliphatic heterocycles. The van der Waals surface area contributed by atoms with Crippen LogP contribution in [0.3, 0.4) is 0 Å². The minimum absolute atomic E-state index is 0.519. The second kappa shape index (κ2) is 4.26. The second-order valence-corrected chi connectivity index (χ2v) is 5.28. The monoisotopic (exact) mass is 233 g/mol. The highest BCUT2D eigenvalue weighted by molar-refractivity contribution is 5.74. The molecule has 1 aromatic heterocycles. The molecule has 0 spiro atoms. The van der Waals surface area contributed by atoms with Gasteiger partial charge in [-0.2, -0.15) is 0 Å². The lowest BCUT2D eigenvalue weighted by Crippen LogP contribution is -2.18. The maximum Gasteiger partial charge on any atom is 0.170 e. The zero-order chi connectivity index (χ0) is 11.8. The first-order chi connectivity index (χ1) is 8.29. The van der Waals surface area contributed by atoms with Gasteiger partial charge in [-0.25, -0.2) is 4.98 Å². The Kier molecular flexibility index (Phi) is 2.74. The van der Waals surface area contributed by atoms with Crippen LogP contribution >= 0.6 is 0 Å². The van der Waals surface area contributed by atoms with Crippen molar-refractivity contribution < 1.29 is 4.79 Å². The van der Waals surface area contributed by atoms with Gasteiger partial charge < -0.3 is 9.47 Å². The lowest BCUT2D eigenvalue weighted by molar-refractivity contribution is 0.111. The molecule has 1 aromatic rings. The van der Waals surface area contributed by atoms with Gasteiger partial charge in [-0.05, 0) is 39.3 Å². The molecule has 92 valence electrons. The summed E-state index contributed by atoms with van der Waals surface area (Å²) >= 11 is 0. The van der Waals surface area contributed by atoms with Gasteiger partial charge in [-0.15, -0.1) is 0 Å². The average molecular weight is 233 g/mol. The van der Waals surface area contributed by atoms with Crippen LogP contribution in [0.2, 0.25) is 0 Å². The molecule has 0 aliphatic carbocycles. The van der Waals surface area contributed by atoms with Crippen molar-refractivity contribution in [3.63, 3.8) is 0 Å². The number of fused-ring (bicyclic) bond motifs is 1. The highest BCUT2D eigenvalue weighted by Gasteiger charge is 2.28. The smallest absolute Gasteiger partial charge is 0.170 e. The third kappa shape index (κ3) is 1.80. The third-order valence-electron chi connectivity index (χ3n) is 4.05. The maximum atomic E-state index is 11.1. The first-order valence-corrected chi connectivity index (χ1v) is 6.52. The van der Waals surface area contributed by atoms with Gasteiger partial charge in [0.05, 0.1) is 0 Å². The van der Waals surface area contributed by atoms with E-state index in [4.69, 9.17) is 0 Å². The van der Waals surface area contributed by atoms with Crippen LogP contribution in [-0.4, -0.2) is 40.9 Å². The van der Waals surface area contributed by atoms with E-state index in [0.29, 0.717) is 11.6 Å². The summed E-state index contributed by atoms with van der Waals surface area (Å²) in [7, 11) is 2.15. The van der Waals surface area contributed by atoms with Gasteiger partial charge in [0.1, 0.15) is 11.5 Å². The highest BCUT2D eigenvalue weighted by Crippen LogP contribution is 2.29. The maximum absolute atomic E-state index is 11.1. The molecule has 1 atom stereocenters. The predicted molar refractivity (Wildman–Crippen MR) is 65.4 cm³/mol. The Hall–Kier alpha value is -1.16. The summed E-state index contributed by atoms with van der Waals surface area (Å²) in [5, 5.41) is 0. The SMILES string of the molecule is CN1CCC(c2nc(C=O)c3n2CCCC3)C1. The largest absolute Gasteiger partial charge is 0.331 e. The molecule has 3 rings (SSSR count). The number of carbonyl (C=O) groups excluding carboxylic acids is 1. The molecule has 2 aliphatic rings. The van der Waals surface area contributed by atoms with Crippen LogP contribution < -0.4 is 0 Å². The Bertz CT molecular complexity index is 438. The lowest BCUT2D eigenvalue weighted by Gasteiger charge is -2.19. The van der Waals surface area contributed by atoms with Crippen LogP contribution in [0, 0.1) is 0 Å². The van der Waals surface area contributed by atoms with Gasteiger partial charge in [-0.3, -0.25) is 4.79 Å². The van der Waals surface area contributed by atoms with Crippen LogP contribution in [0.25, 0.3) is 0 Å². The summed E-state index contributed by atoms with van der Waals surface area (Å²) in [5.74, 6) is 1.68. The Labute approximate surface area is 102 Å². The molecule has 0 aromatic carbocycles. The molecule has 3 heterocycles. The molecule has 4 nitrogen and oxygen atoms in total. The first-order valence-electron chi connectivity index (χ1n) is 6.52. The molecule has 17 heavy (non-hydrogen) atoms. The zero-order valence-corrected chi connectivity index (χ0v) is 10.4. The van der Waals surface area contributed by atoms with Crippen molar-refractivity contribution in [2.24, 2.45) is 0 Å². The van der Waals surface area contributed by atoms with Gasteiger partial charge in [-0.1, -0.05) is 0 Å². The van der Waals surface area contributed by atoms with E-state index >= 15 is 0 Å². The van der Waals surface area contributed by atoms with E-state index in [-0.39, 0.29) is 0 Å². The molecule has 0 amide bonds. The molecule has 0 N–H and O–H groups in total. The van der Waals surface area contributed by atoms with Gasteiger partial charge in [0.2, 0.25) is 0 Å². The average Bonchev–Trinajstić information content (AvgIpc) is 2.92. The molecule has 0 bridgehead atoms. The molecule has 0 saturated carbocycles. The number of hydrogen-bond acceptors (Lipinski definition) is 3. The predicted octanol–water partition coefficient (Wildman–Crippen LogP) is 1.45. The second-order valence-electron chi connectivity index (χ2n) is 5.28. The van der Waals surface area contributed by atoms with Crippen molar-refractivity contribution in [2.45, 2.75) is 38.1 Å². The van der Waals surface area contributed by atoms with E-state index in [1.54, 1.807) is 0 Å². The summed E-state index contributed by atoms with van der Waals surface area (Å²) in [6.45, 7) is 3.27. The number of aldehydes is 1. The van der Waals surface area contributed by atoms with Crippen LogP contribution in [-0.2, 0) is 13.0 Å². The number of carbonyl (C=O) groups is 1. The fraction of sp³-hybridized carbons (Fsp3) is 0.692. The van der Waals surface area contributed by atoms with Gasteiger partial charge in [0.15, 0.2) is 6.29 Å². The molecule has 0 radical (unpaired) electrons. The Morgan fingerprint density at radius 1 is 1.35 bits per heavy atom. The number of imidazole rings is 1. The minimum Gasteiger partial charge on any atom is -0.331 e. The van der Waals surface area contributed by atoms with E-state index in [0.717, 1.165) is 38.2 Å². The fourth-order valence-electron chi connectivity index (χ4n) is 3.15. The normalized spacial score (nSPS) is 24.9. The van der Waals surface area contributed by atoms with Crippen molar-refractivity contribution >= 4 is 6.29 Å². The fourth-order valence-corrected chi connectivity index (χ4v) is 3.15. The van der Waals surface area contributed by atoms with Gasteiger partial charge in [0, 0.05) is 24.7 Å². The van der Waals surface area contributed by atoms with Crippen LogP contribution in [0.4, 0.5) is 0 Å². The number of aromatic nitrogens is 2. The van der Waals surface area contributed by atoms with E-state index in [2.05, 4.69) is 21.5 Å². The minimum atomic E-state index is 0.519. The Morgan fingerprint density at radius 3 is 2.94 bits per heavy atom. The zero-order valence-electron chi connectivity index (χ0n) is 10.4. The van der Waals surface area contributed by atoms with Gasteiger partial charge in [0.25, 0.3) is 0 Å². The van der Waals surface area contributed by atoms with Crippen molar-refractivity contribution in [1.29, 1.82) is 0 Å². The van der Waals surface area contributed by atoms with Crippen LogP contribution in [0.5, 0.6) is 0 Å². The molecule has 1 saturated heterocycles. The molecule has 4 heteroatoms. The molecule has 1 fully saturated rings. The summed E-state index contributed by atoms with van der Waals surface area (Å²) in [5.41, 5.74) is 1.87.